The molecule has 12 heteroatoms. The summed E-state index contributed by atoms with van der Waals surface area (Å²) in [5.41, 5.74) is 23.7. The molecular weight excluding hydrogens is 1210 g/mol. The van der Waals surface area contributed by atoms with Crippen LogP contribution in [0.5, 0.6) is 0 Å². The van der Waals surface area contributed by atoms with E-state index >= 15 is 0 Å². The minimum atomic E-state index is -1.41. The Hall–Kier alpha value is -10.7. The smallest absolute Gasteiger partial charge is 0.227 e. The highest BCUT2D eigenvalue weighted by atomic mass is 16.4. The van der Waals surface area contributed by atoms with Gasteiger partial charge in [-0.1, -0.05) is 90.1 Å². The molecule has 0 aliphatic heterocycles. The molecule has 16 rings (SSSR count). The molecule has 0 fully saturated rings. The number of fused-ring (bicyclic) bond motifs is 12. The van der Waals surface area contributed by atoms with Gasteiger partial charge in [-0.05, 0) is 172 Å². The molecule has 0 spiro atoms. The van der Waals surface area contributed by atoms with Crippen molar-refractivity contribution in [3.63, 3.8) is 0 Å². The zero-order valence-electron chi connectivity index (χ0n) is 66.0. The fourth-order valence-corrected chi connectivity index (χ4v) is 13.1. The van der Waals surface area contributed by atoms with Crippen LogP contribution in [0.15, 0.2) is 194 Å². The van der Waals surface area contributed by atoms with Crippen molar-refractivity contribution in [3.05, 3.63) is 238 Å². The molecule has 492 valence electrons. The van der Waals surface area contributed by atoms with Crippen molar-refractivity contribution in [1.82, 2.24) is 19.9 Å². The number of benzene rings is 4. The molecule has 0 bridgehead atoms. The lowest BCUT2D eigenvalue weighted by Gasteiger charge is -2.09. The number of rotatable bonds is 9. The average Bonchev–Trinajstić information content (AvgIpc) is 1.66. The quantitative estimate of drug-likeness (QED) is 0.131. The Balaban J connectivity index is 0.000000124. The van der Waals surface area contributed by atoms with Gasteiger partial charge in [0.05, 0.1) is 22.3 Å². The highest BCUT2D eigenvalue weighted by Crippen LogP contribution is 2.41. The van der Waals surface area contributed by atoms with Crippen LogP contribution in [0.25, 0.3) is 133 Å². The Kier molecular flexibility index (Phi) is 15.9. The van der Waals surface area contributed by atoms with Gasteiger partial charge < -0.3 is 17.7 Å². The van der Waals surface area contributed by atoms with E-state index in [0.29, 0.717) is 39.5 Å². The molecule has 12 aromatic heterocycles. The molecule has 0 aliphatic carbocycles. The van der Waals surface area contributed by atoms with Gasteiger partial charge >= 0.3 is 0 Å². The molecule has 0 aliphatic rings. The first kappa shape index (κ1) is 57.5. The van der Waals surface area contributed by atoms with E-state index in [1.54, 1.807) is 20.0 Å². The Labute approximate surface area is 583 Å². The summed E-state index contributed by atoms with van der Waals surface area (Å²) in [4.78, 5) is 18.0. The molecule has 16 aromatic rings. The Morgan fingerprint density at radius 1 is 0.378 bits per heavy atom. The average molecular weight is 1300 g/mol. The molecule has 0 radical (unpaired) electrons. The van der Waals surface area contributed by atoms with Crippen molar-refractivity contribution in [3.8, 4) is 45.0 Å². The van der Waals surface area contributed by atoms with Gasteiger partial charge in [-0.25, -0.2) is 38.2 Å². The molecule has 0 unspecified atom stereocenters. The third kappa shape index (κ3) is 12.6. The Bertz CT molecular complexity index is 5920. The number of pyridine rings is 8. The zero-order chi connectivity index (χ0) is 75.3. The molecule has 12 nitrogen and oxygen atoms in total. The van der Waals surface area contributed by atoms with E-state index in [1.807, 2.05) is 208 Å². The van der Waals surface area contributed by atoms with E-state index < -0.39 is 25.0 Å². The van der Waals surface area contributed by atoms with Gasteiger partial charge in [0.2, 0.25) is 45.6 Å². The van der Waals surface area contributed by atoms with Crippen molar-refractivity contribution in [1.29, 1.82) is 0 Å². The maximum atomic E-state index is 8.50. The fourth-order valence-electron chi connectivity index (χ4n) is 13.1. The summed E-state index contributed by atoms with van der Waals surface area (Å²) in [5.74, 6) is -0.777. The lowest BCUT2D eigenvalue weighted by molar-refractivity contribution is -0.660. The summed E-state index contributed by atoms with van der Waals surface area (Å²) in [6.45, 7) is 24.9. The maximum absolute atomic E-state index is 8.50. The molecular formula is C86H88N8O4+4. The van der Waals surface area contributed by atoms with Crippen molar-refractivity contribution in [2.75, 3.05) is 0 Å². The van der Waals surface area contributed by atoms with Gasteiger partial charge in [-0.3, -0.25) is 0 Å². The topological polar surface area (TPSA) is 120 Å². The number of hydrogen-bond donors (Lipinski definition) is 0. The molecule has 0 saturated carbocycles. The molecule has 0 atom stereocenters. The second kappa shape index (κ2) is 27.1. The number of hydrogen-bond acceptors (Lipinski definition) is 8. The van der Waals surface area contributed by atoms with Crippen LogP contribution in [0.4, 0.5) is 0 Å². The molecule has 0 amide bonds. The minimum absolute atomic E-state index is 0.122. The van der Waals surface area contributed by atoms with Gasteiger partial charge in [0, 0.05) is 124 Å². The van der Waals surface area contributed by atoms with Crippen molar-refractivity contribution in [2.45, 2.75) is 115 Å². The molecule has 12 heterocycles. The third-order valence-electron chi connectivity index (χ3n) is 18.4. The van der Waals surface area contributed by atoms with Crippen LogP contribution in [0.1, 0.15) is 119 Å². The number of aryl methyl sites for hydroxylation is 13. The van der Waals surface area contributed by atoms with E-state index in [0.717, 1.165) is 155 Å². The summed E-state index contributed by atoms with van der Waals surface area (Å²) in [6, 6.07) is 48.2. The Morgan fingerprint density at radius 3 is 1.05 bits per heavy atom. The summed E-state index contributed by atoms with van der Waals surface area (Å²) in [7, 11) is 7.93. The SMILES string of the molecule is [2H]C(C)(C)c1cc[n+](C)c(-c2c(C)ccc3c2oc2nc(C)ccc23)c1.[2H]C([2H])(C)c1cc[n+](C)c(-c2c(C)ccc3c2oc2nc(C)ccc23)c1.[2H]C([2H])(C)c1cc[n+](C)c(-c2c(C)ccc3c2oc2ncccc23)c1.[2H]C([2H])(c1cc[n+](C)c(-c2c(C)ccc3c2oc2nc(C)ccc23)c1)C(C)C. The first-order valence-corrected chi connectivity index (χ1v) is 33.2. The van der Waals surface area contributed by atoms with E-state index in [-0.39, 0.29) is 5.92 Å². The standard InChI is InChI=1S/C23H25N2O.C22H23N2O.C21H21N2O.C20H19N2O/c1-14(2)12-17-10-11-25(5)20(13-17)21-15(3)6-8-18-19-9-7-16(4)24-23(19)26-22(18)21;1-13(2)16-10-11-24(5)19(12-16)20-14(3)6-8-17-18-9-7-15(4)23-22(18)25-21(17)20;1-5-15-10-11-23(4)18(12-15)19-13(2)6-8-16-17-9-7-14(3)22-21(17)24-20(16)19;1-4-14-9-11-22(3)17(12-14)18-13(2)7-8-15-16-6-5-10-21-20(16)23-19(15)18/h6-11,13-14H,12H2,1-5H3;6-13H,1-5H3;6-12H,5H2,1-4H3;5-12H,4H2,1-3H3/q4*+1/i12D2;13D;5D2;4D2. The predicted molar refractivity (Wildman–Crippen MR) is 397 cm³/mol. The number of aromatic nitrogens is 8. The summed E-state index contributed by atoms with van der Waals surface area (Å²) in [5, 5.41) is 8.17. The van der Waals surface area contributed by atoms with Crippen LogP contribution in [0, 0.1) is 54.4 Å². The van der Waals surface area contributed by atoms with Crippen LogP contribution in [-0.4, -0.2) is 19.9 Å². The number of furan rings is 4. The van der Waals surface area contributed by atoms with Gasteiger partial charge in [0.15, 0.2) is 47.1 Å². The normalized spacial score (nSPS) is 13.2. The van der Waals surface area contributed by atoms with Crippen LogP contribution < -0.4 is 18.3 Å². The second-order valence-corrected chi connectivity index (χ2v) is 26.2. The van der Waals surface area contributed by atoms with Gasteiger partial charge in [-0.15, -0.1) is 0 Å². The van der Waals surface area contributed by atoms with Gasteiger partial charge in [0.1, 0.15) is 28.2 Å². The van der Waals surface area contributed by atoms with E-state index in [9.17, 15) is 0 Å². The van der Waals surface area contributed by atoms with Crippen molar-refractivity contribution < 1.29 is 45.5 Å². The van der Waals surface area contributed by atoms with Gasteiger partial charge in [-0.2, -0.15) is 0 Å². The van der Waals surface area contributed by atoms with Crippen molar-refractivity contribution >= 4 is 88.3 Å². The number of nitrogens with zero attached hydrogens (tertiary/aromatic N) is 8. The second-order valence-electron chi connectivity index (χ2n) is 26.2. The minimum Gasteiger partial charge on any atom is -0.437 e. The third-order valence-corrected chi connectivity index (χ3v) is 18.4. The zero-order valence-corrected chi connectivity index (χ0v) is 59.0. The van der Waals surface area contributed by atoms with E-state index in [4.69, 9.17) is 27.3 Å². The molecule has 0 saturated heterocycles. The highest BCUT2D eigenvalue weighted by molar-refractivity contribution is 6.12. The maximum Gasteiger partial charge on any atom is 0.227 e. The molecule has 4 aromatic carbocycles. The fraction of sp³-hybridized carbons (Fsp3) is 0.256. The first-order chi connectivity index (χ1) is 49.6. The summed E-state index contributed by atoms with van der Waals surface area (Å²) < 4.78 is 90.3. The van der Waals surface area contributed by atoms with Gasteiger partial charge in [0.25, 0.3) is 0 Å². The molecule has 0 N–H and O–H groups in total. The van der Waals surface area contributed by atoms with Crippen LogP contribution >= 0.6 is 0 Å². The lowest BCUT2D eigenvalue weighted by Crippen LogP contribution is -2.31. The Morgan fingerprint density at radius 2 is 0.694 bits per heavy atom. The highest BCUT2D eigenvalue weighted by Gasteiger charge is 2.27. The van der Waals surface area contributed by atoms with Crippen LogP contribution in [0.2, 0.25) is 0 Å². The first-order valence-electron chi connectivity index (χ1n) is 36.7. The van der Waals surface area contributed by atoms with Crippen LogP contribution in [-0.2, 0) is 47.3 Å². The lowest BCUT2D eigenvalue weighted by atomic mass is 9.97. The summed E-state index contributed by atoms with van der Waals surface area (Å²) >= 11 is 0. The largest absolute Gasteiger partial charge is 0.437 e. The molecule has 98 heavy (non-hydrogen) atoms. The van der Waals surface area contributed by atoms with E-state index in [1.165, 1.54) is 0 Å². The van der Waals surface area contributed by atoms with Crippen LogP contribution in [0.3, 0.4) is 0 Å². The van der Waals surface area contributed by atoms with E-state index in [2.05, 4.69) is 105 Å². The predicted octanol–water partition coefficient (Wildman–Crippen LogP) is 19.5. The monoisotopic (exact) mass is 1300 g/mol. The van der Waals surface area contributed by atoms with Crippen molar-refractivity contribution in [2.24, 2.45) is 34.1 Å². The summed E-state index contributed by atoms with van der Waals surface area (Å²) in [6.07, 6.45) is 5.25.